The fraction of sp³-hybridized carbons (Fsp3) is 0.643. The minimum absolute atomic E-state index is 0.154. The maximum absolute atomic E-state index is 11.7. The second-order valence-electron chi connectivity index (χ2n) is 5.16. The maximum atomic E-state index is 11.7. The zero-order valence-corrected chi connectivity index (χ0v) is 12.9. The molecule has 20 heavy (non-hydrogen) atoms. The Balaban J connectivity index is 2.70. The van der Waals surface area contributed by atoms with Crippen molar-refractivity contribution in [3.63, 3.8) is 0 Å². The third-order valence-electron chi connectivity index (χ3n) is 2.93. The zero-order valence-electron chi connectivity index (χ0n) is 12.9. The first kappa shape index (κ1) is 16.4. The molecule has 112 valence electrons. The normalized spacial score (nSPS) is 12.3. The number of carbonyl (C=O) groups excluding carboxylic acids is 1. The van der Waals surface area contributed by atoms with Gasteiger partial charge in [0.1, 0.15) is 5.82 Å². The van der Waals surface area contributed by atoms with Crippen molar-refractivity contribution >= 4 is 11.7 Å². The van der Waals surface area contributed by atoms with E-state index in [0.717, 1.165) is 0 Å². The van der Waals surface area contributed by atoms with Gasteiger partial charge in [-0.2, -0.15) is 0 Å². The van der Waals surface area contributed by atoms with Crippen LogP contribution in [-0.4, -0.2) is 54.4 Å². The third-order valence-corrected chi connectivity index (χ3v) is 2.93. The molecule has 0 radical (unpaired) electrons. The van der Waals surface area contributed by atoms with Crippen molar-refractivity contribution in [3.05, 3.63) is 17.8 Å². The van der Waals surface area contributed by atoms with E-state index in [4.69, 9.17) is 4.74 Å². The Morgan fingerprint density at radius 3 is 2.50 bits per heavy atom. The summed E-state index contributed by atoms with van der Waals surface area (Å²) in [6.07, 6.45) is 0. The highest BCUT2D eigenvalue weighted by atomic mass is 16.5. The summed E-state index contributed by atoms with van der Waals surface area (Å²) in [6, 6.07) is 3.61. The average molecular weight is 280 g/mol. The summed E-state index contributed by atoms with van der Waals surface area (Å²) in [7, 11) is 3.38. The molecule has 6 nitrogen and oxygen atoms in total. The number of hydrogen-bond acceptors (Lipinski definition) is 5. The SMILES string of the molecule is CCOCC(Nc1ccc(C(=O)N(C)C)nn1)C(C)C. The Morgan fingerprint density at radius 2 is 2.05 bits per heavy atom. The van der Waals surface area contributed by atoms with Crippen LogP contribution in [0.1, 0.15) is 31.3 Å². The molecule has 0 saturated carbocycles. The molecule has 0 aromatic carbocycles. The van der Waals surface area contributed by atoms with Gasteiger partial charge in [-0.15, -0.1) is 10.2 Å². The summed E-state index contributed by atoms with van der Waals surface area (Å²) >= 11 is 0. The van der Waals surface area contributed by atoms with Crippen LogP contribution < -0.4 is 5.32 Å². The van der Waals surface area contributed by atoms with Crippen LogP contribution in [0.2, 0.25) is 0 Å². The van der Waals surface area contributed by atoms with Crippen LogP contribution >= 0.6 is 0 Å². The van der Waals surface area contributed by atoms with Crippen LogP contribution in [-0.2, 0) is 4.74 Å². The zero-order chi connectivity index (χ0) is 15.1. The van der Waals surface area contributed by atoms with Gasteiger partial charge in [0.15, 0.2) is 5.69 Å². The first-order chi connectivity index (χ1) is 9.45. The highest BCUT2D eigenvalue weighted by Crippen LogP contribution is 2.11. The number of hydrogen-bond donors (Lipinski definition) is 1. The molecule has 1 atom stereocenters. The third kappa shape index (κ3) is 4.77. The molecule has 1 N–H and O–H groups in total. The van der Waals surface area contributed by atoms with Gasteiger partial charge in [0.25, 0.3) is 5.91 Å². The largest absolute Gasteiger partial charge is 0.380 e. The highest BCUT2D eigenvalue weighted by molar-refractivity contribution is 5.91. The van der Waals surface area contributed by atoms with E-state index < -0.39 is 0 Å². The topological polar surface area (TPSA) is 67.3 Å². The van der Waals surface area contributed by atoms with Crippen molar-refractivity contribution in [1.29, 1.82) is 0 Å². The fourth-order valence-corrected chi connectivity index (χ4v) is 1.59. The predicted molar refractivity (Wildman–Crippen MR) is 78.8 cm³/mol. The number of nitrogens with one attached hydrogen (secondary N) is 1. The van der Waals surface area contributed by atoms with Crippen LogP contribution in [0.4, 0.5) is 5.82 Å². The molecule has 1 amide bonds. The second kappa shape index (κ2) is 7.79. The number of rotatable bonds is 7. The van der Waals surface area contributed by atoms with Gasteiger partial charge in [-0.1, -0.05) is 13.8 Å². The van der Waals surface area contributed by atoms with Crippen molar-refractivity contribution in [2.75, 3.05) is 32.6 Å². The number of carbonyl (C=O) groups is 1. The minimum atomic E-state index is -0.154. The fourth-order valence-electron chi connectivity index (χ4n) is 1.59. The lowest BCUT2D eigenvalue weighted by Gasteiger charge is -2.22. The van der Waals surface area contributed by atoms with E-state index in [2.05, 4.69) is 29.4 Å². The van der Waals surface area contributed by atoms with Gasteiger partial charge in [0.2, 0.25) is 0 Å². The lowest BCUT2D eigenvalue weighted by atomic mass is 10.1. The average Bonchev–Trinajstić information content (AvgIpc) is 2.42. The summed E-state index contributed by atoms with van der Waals surface area (Å²) in [5.41, 5.74) is 0.339. The van der Waals surface area contributed by atoms with Crippen LogP contribution in [0.3, 0.4) is 0 Å². The Kier molecular flexibility index (Phi) is 6.38. The van der Waals surface area contributed by atoms with E-state index in [1.807, 2.05) is 6.92 Å². The summed E-state index contributed by atoms with van der Waals surface area (Å²) < 4.78 is 5.45. The van der Waals surface area contributed by atoms with Crippen molar-refractivity contribution < 1.29 is 9.53 Å². The van der Waals surface area contributed by atoms with Crippen LogP contribution in [0.25, 0.3) is 0 Å². The van der Waals surface area contributed by atoms with Crippen molar-refractivity contribution in [2.24, 2.45) is 5.92 Å². The van der Waals surface area contributed by atoms with Gasteiger partial charge in [-0.3, -0.25) is 4.79 Å². The van der Waals surface area contributed by atoms with Gasteiger partial charge >= 0.3 is 0 Å². The predicted octanol–water partition coefficient (Wildman–Crippen LogP) is 1.65. The van der Waals surface area contributed by atoms with E-state index in [-0.39, 0.29) is 11.9 Å². The number of amides is 1. The van der Waals surface area contributed by atoms with Crippen LogP contribution in [0.5, 0.6) is 0 Å². The summed E-state index contributed by atoms with van der Waals surface area (Å²) in [6.45, 7) is 7.52. The van der Waals surface area contributed by atoms with Crippen molar-refractivity contribution in [2.45, 2.75) is 26.8 Å². The lowest BCUT2D eigenvalue weighted by molar-refractivity contribution is 0.0821. The first-order valence-corrected chi connectivity index (χ1v) is 6.85. The summed E-state index contributed by atoms with van der Waals surface area (Å²) in [5.74, 6) is 0.906. The van der Waals surface area contributed by atoms with Gasteiger partial charge in [-0.25, -0.2) is 0 Å². The Labute approximate surface area is 120 Å². The molecule has 0 saturated heterocycles. The summed E-state index contributed by atoms with van der Waals surface area (Å²) in [5, 5.41) is 11.3. The molecule has 6 heteroatoms. The second-order valence-corrected chi connectivity index (χ2v) is 5.16. The molecule has 0 aliphatic rings. The molecule has 0 bridgehead atoms. The van der Waals surface area contributed by atoms with Gasteiger partial charge < -0.3 is 15.0 Å². The molecule has 1 heterocycles. The summed E-state index contributed by atoms with van der Waals surface area (Å²) in [4.78, 5) is 13.2. The standard InChI is InChI=1S/C14H24N4O2/c1-6-20-9-12(10(2)3)15-13-8-7-11(16-17-13)14(19)18(4)5/h7-8,10,12H,6,9H2,1-5H3,(H,15,17). The maximum Gasteiger partial charge on any atom is 0.273 e. The molecule has 0 spiro atoms. The highest BCUT2D eigenvalue weighted by Gasteiger charge is 2.15. The van der Waals surface area contributed by atoms with Crippen LogP contribution in [0, 0.1) is 5.92 Å². The number of nitrogens with zero attached hydrogens (tertiary/aromatic N) is 3. The molecule has 1 unspecified atom stereocenters. The molecule has 0 fully saturated rings. The van der Waals surface area contributed by atoms with Crippen molar-refractivity contribution in [3.8, 4) is 0 Å². The minimum Gasteiger partial charge on any atom is -0.380 e. The molecular weight excluding hydrogens is 256 g/mol. The van der Waals surface area contributed by atoms with Gasteiger partial charge in [0, 0.05) is 20.7 Å². The van der Waals surface area contributed by atoms with E-state index in [9.17, 15) is 4.79 Å². The van der Waals surface area contributed by atoms with E-state index in [1.165, 1.54) is 4.90 Å². The van der Waals surface area contributed by atoms with E-state index >= 15 is 0 Å². The molecule has 1 aromatic heterocycles. The number of ether oxygens (including phenoxy) is 1. The number of aromatic nitrogens is 2. The molecule has 0 aliphatic heterocycles. The monoisotopic (exact) mass is 280 g/mol. The van der Waals surface area contributed by atoms with Gasteiger partial charge in [-0.05, 0) is 25.0 Å². The lowest BCUT2D eigenvalue weighted by Crippen LogP contribution is -2.31. The van der Waals surface area contributed by atoms with Crippen molar-refractivity contribution in [1.82, 2.24) is 15.1 Å². The molecular formula is C14H24N4O2. The number of anilines is 1. The molecule has 1 aromatic rings. The Hall–Kier alpha value is -1.69. The smallest absolute Gasteiger partial charge is 0.273 e. The first-order valence-electron chi connectivity index (χ1n) is 6.85. The Morgan fingerprint density at radius 1 is 1.35 bits per heavy atom. The van der Waals surface area contributed by atoms with E-state index in [1.54, 1.807) is 26.2 Å². The van der Waals surface area contributed by atoms with Crippen LogP contribution in [0.15, 0.2) is 12.1 Å². The molecule has 0 aliphatic carbocycles. The quantitative estimate of drug-likeness (QED) is 0.822. The Bertz CT molecular complexity index is 418. The van der Waals surface area contributed by atoms with Gasteiger partial charge in [0.05, 0.1) is 12.6 Å². The van der Waals surface area contributed by atoms with E-state index in [0.29, 0.717) is 30.6 Å². The molecule has 1 rings (SSSR count).